The maximum Gasteiger partial charge on any atom is 0.381 e. The first kappa shape index (κ1) is 16.8. The lowest BCUT2D eigenvalue weighted by molar-refractivity contribution is -1.02. The van der Waals surface area contributed by atoms with Gasteiger partial charge < -0.3 is 10.2 Å². The molecule has 2 aliphatic heterocycles. The average molecular weight is 362 g/mol. The topological polar surface area (TPSA) is 92.2 Å². The van der Waals surface area contributed by atoms with Gasteiger partial charge in [0, 0.05) is 0 Å². The smallest absolute Gasteiger partial charge is 0.381 e. The molecule has 0 amide bonds. The summed E-state index contributed by atoms with van der Waals surface area (Å²) in [4.78, 5) is 22.4. The standard InChI is InChI=1S/C17H22N5O4/c1-17(2,3)22-10-12-18(8-14(23)24)4-6-20(12)16(22)21-7-5-19(9-15(25)26)13(21)11-22/h4-7,16H,8-11H2,1-3H3/q+1/p+2. The van der Waals surface area contributed by atoms with Crippen LogP contribution in [0.1, 0.15) is 38.7 Å². The Balaban J connectivity index is 1.85. The van der Waals surface area contributed by atoms with Crippen LogP contribution in [0, 0.1) is 0 Å². The SMILES string of the molecule is CC(C)(C)[N+]12Cc3n(cc[n+]3CC(=O)O)C1n1cc[n+](CC(=O)O)c1C2. The number of hydrogen-bond donors (Lipinski definition) is 2. The number of carbonyl (C=O) groups is 2. The van der Waals surface area contributed by atoms with Crippen molar-refractivity contribution < 1.29 is 33.4 Å². The number of hydrogen-bond acceptors (Lipinski definition) is 2. The number of imidazole rings is 2. The third-order valence-corrected chi connectivity index (χ3v) is 5.81. The van der Waals surface area contributed by atoms with E-state index in [4.69, 9.17) is 0 Å². The molecule has 0 radical (unpaired) electrons. The molecule has 0 saturated heterocycles. The second kappa shape index (κ2) is 5.16. The minimum atomic E-state index is -0.862. The molecule has 0 fully saturated rings. The van der Waals surface area contributed by atoms with Crippen LogP contribution in [0.4, 0.5) is 0 Å². The third kappa shape index (κ3) is 2.13. The lowest BCUT2D eigenvalue weighted by atomic mass is 10.0. The molecule has 4 rings (SSSR count). The Kier molecular flexibility index (Phi) is 3.33. The summed E-state index contributed by atoms with van der Waals surface area (Å²) in [5, 5.41) is 18.4. The van der Waals surface area contributed by atoms with E-state index >= 15 is 0 Å². The minimum absolute atomic E-state index is 0.0370. The monoisotopic (exact) mass is 362 g/mol. The van der Waals surface area contributed by atoms with E-state index in [-0.39, 0.29) is 24.9 Å². The summed E-state index contributed by atoms with van der Waals surface area (Å²) in [5.74, 6) is 0.242. The molecule has 26 heavy (non-hydrogen) atoms. The first-order valence-corrected chi connectivity index (χ1v) is 8.63. The maximum atomic E-state index is 11.2. The van der Waals surface area contributed by atoms with Crippen molar-refractivity contribution in [1.29, 1.82) is 0 Å². The normalized spacial score (nSPS) is 23.6. The highest BCUT2D eigenvalue weighted by Gasteiger charge is 2.67. The van der Waals surface area contributed by atoms with E-state index in [9.17, 15) is 19.8 Å². The molecule has 0 saturated carbocycles. The highest BCUT2D eigenvalue weighted by atomic mass is 16.4. The fraction of sp³-hybridized carbons (Fsp3) is 0.529. The van der Waals surface area contributed by atoms with Gasteiger partial charge in [0.15, 0.2) is 26.2 Å². The van der Waals surface area contributed by atoms with Crippen LogP contribution in [0.25, 0.3) is 0 Å². The fourth-order valence-electron chi connectivity index (χ4n) is 4.45. The van der Waals surface area contributed by atoms with Crippen molar-refractivity contribution in [2.45, 2.75) is 58.8 Å². The molecule has 4 heterocycles. The molecular formula is C17H24N5O4+3. The van der Waals surface area contributed by atoms with Gasteiger partial charge in [-0.05, 0) is 20.8 Å². The molecule has 0 aliphatic carbocycles. The lowest BCUT2D eigenvalue weighted by Gasteiger charge is -2.40. The van der Waals surface area contributed by atoms with Gasteiger partial charge in [0.2, 0.25) is 0 Å². The van der Waals surface area contributed by atoms with Gasteiger partial charge in [-0.1, -0.05) is 0 Å². The maximum absolute atomic E-state index is 11.2. The van der Waals surface area contributed by atoms with E-state index in [2.05, 4.69) is 29.9 Å². The second-order valence-corrected chi connectivity index (χ2v) is 8.15. The number of fused-ring (bicyclic) bond motifs is 5. The van der Waals surface area contributed by atoms with Crippen molar-refractivity contribution in [2.75, 3.05) is 0 Å². The first-order valence-electron chi connectivity index (χ1n) is 8.63. The predicted octanol–water partition coefficient (Wildman–Crippen LogP) is -0.319. The summed E-state index contributed by atoms with van der Waals surface area (Å²) in [5.41, 5.74) is -0.106. The van der Waals surface area contributed by atoms with Crippen LogP contribution in [-0.2, 0) is 35.8 Å². The number of quaternary nitrogens is 1. The molecule has 0 aromatic carbocycles. The Hall–Kier alpha value is -2.68. The predicted molar refractivity (Wildman–Crippen MR) is 86.4 cm³/mol. The first-order chi connectivity index (χ1) is 12.1. The molecule has 0 atom stereocenters. The summed E-state index contributed by atoms with van der Waals surface area (Å²) in [6.45, 7) is 7.83. The summed E-state index contributed by atoms with van der Waals surface area (Å²) >= 11 is 0. The highest BCUT2D eigenvalue weighted by molar-refractivity contribution is 5.65. The molecule has 0 spiro atoms. The number of carboxylic acid groups (broad SMARTS) is 2. The molecule has 0 bridgehead atoms. The van der Waals surface area contributed by atoms with Crippen molar-refractivity contribution >= 4 is 11.9 Å². The molecule has 2 aromatic heterocycles. The van der Waals surface area contributed by atoms with E-state index < -0.39 is 11.9 Å². The molecule has 0 unspecified atom stereocenters. The van der Waals surface area contributed by atoms with E-state index in [1.165, 1.54) is 0 Å². The van der Waals surface area contributed by atoms with Crippen molar-refractivity contribution in [3.05, 3.63) is 36.4 Å². The third-order valence-electron chi connectivity index (χ3n) is 5.81. The Morgan fingerprint density at radius 1 is 1.04 bits per heavy atom. The number of aliphatic carboxylic acids is 2. The van der Waals surface area contributed by atoms with Crippen LogP contribution in [0.3, 0.4) is 0 Å². The van der Waals surface area contributed by atoms with E-state index in [1.54, 1.807) is 9.13 Å². The van der Waals surface area contributed by atoms with Gasteiger partial charge in [0.05, 0.1) is 5.54 Å². The Morgan fingerprint density at radius 2 is 1.46 bits per heavy atom. The van der Waals surface area contributed by atoms with Gasteiger partial charge >= 0.3 is 29.9 Å². The summed E-state index contributed by atoms with van der Waals surface area (Å²) in [6.07, 6.45) is 7.46. The fourth-order valence-corrected chi connectivity index (χ4v) is 4.45. The van der Waals surface area contributed by atoms with Crippen LogP contribution in [0.15, 0.2) is 24.8 Å². The van der Waals surface area contributed by atoms with Crippen molar-refractivity contribution in [1.82, 2.24) is 9.13 Å². The zero-order valence-electron chi connectivity index (χ0n) is 15.2. The molecule has 138 valence electrons. The minimum Gasteiger partial charge on any atom is -0.478 e. The molecule has 9 nitrogen and oxygen atoms in total. The van der Waals surface area contributed by atoms with Gasteiger partial charge in [-0.2, -0.15) is 0 Å². The second-order valence-electron chi connectivity index (χ2n) is 8.15. The van der Waals surface area contributed by atoms with Gasteiger partial charge in [-0.3, -0.25) is 0 Å². The van der Waals surface area contributed by atoms with Gasteiger partial charge in [0.1, 0.15) is 24.8 Å². The van der Waals surface area contributed by atoms with E-state index in [1.807, 2.05) is 24.8 Å². The van der Waals surface area contributed by atoms with Crippen LogP contribution in [0.2, 0.25) is 0 Å². The molecule has 2 N–H and O–H groups in total. The summed E-state index contributed by atoms with van der Waals surface area (Å²) < 4.78 is 8.56. The van der Waals surface area contributed by atoms with E-state index in [0.29, 0.717) is 17.6 Å². The van der Waals surface area contributed by atoms with Gasteiger partial charge in [-0.25, -0.2) is 23.2 Å². The Labute approximate surface area is 150 Å². The summed E-state index contributed by atoms with van der Waals surface area (Å²) in [6, 6.07) is 0. The number of nitrogens with zero attached hydrogens (tertiary/aromatic N) is 5. The van der Waals surface area contributed by atoms with Crippen molar-refractivity contribution in [2.24, 2.45) is 0 Å². The zero-order valence-corrected chi connectivity index (χ0v) is 15.2. The lowest BCUT2D eigenvalue weighted by Crippen LogP contribution is -2.58. The summed E-state index contributed by atoms with van der Waals surface area (Å²) in [7, 11) is 0. The highest BCUT2D eigenvalue weighted by Crippen LogP contribution is 2.48. The molecule has 9 heteroatoms. The van der Waals surface area contributed by atoms with Crippen molar-refractivity contribution in [3.8, 4) is 0 Å². The Morgan fingerprint density at radius 3 is 1.81 bits per heavy atom. The van der Waals surface area contributed by atoms with Gasteiger partial charge in [0.25, 0.3) is 0 Å². The van der Waals surface area contributed by atoms with Crippen LogP contribution in [0.5, 0.6) is 0 Å². The van der Waals surface area contributed by atoms with Crippen molar-refractivity contribution in [3.63, 3.8) is 0 Å². The van der Waals surface area contributed by atoms with Gasteiger partial charge in [-0.15, -0.1) is 9.13 Å². The number of aromatic nitrogens is 4. The molecule has 2 aromatic rings. The van der Waals surface area contributed by atoms with Crippen LogP contribution >= 0.6 is 0 Å². The number of carboxylic acids is 2. The number of rotatable bonds is 4. The quantitative estimate of drug-likeness (QED) is 0.576. The van der Waals surface area contributed by atoms with Crippen LogP contribution < -0.4 is 9.13 Å². The van der Waals surface area contributed by atoms with E-state index in [0.717, 1.165) is 11.6 Å². The Bertz CT molecular complexity index is 856. The average Bonchev–Trinajstić information content (AvgIpc) is 3.18. The molecular weight excluding hydrogens is 338 g/mol. The largest absolute Gasteiger partial charge is 0.478 e. The van der Waals surface area contributed by atoms with Crippen LogP contribution in [-0.4, -0.2) is 41.3 Å². The zero-order chi connectivity index (χ0) is 18.9. The molecule has 2 aliphatic rings.